The van der Waals surface area contributed by atoms with Crippen LogP contribution in [0.1, 0.15) is 4.88 Å². The highest BCUT2D eigenvalue weighted by Crippen LogP contribution is 2.39. The van der Waals surface area contributed by atoms with Crippen LogP contribution in [0, 0.1) is 0 Å². The molecule has 6 rings (SSSR count). The lowest BCUT2D eigenvalue weighted by Gasteiger charge is -2.28. The average Bonchev–Trinajstić information content (AvgIpc) is 3.69. The van der Waals surface area contributed by atoms with Crippen molar-refractivity contribution in [2.75, 3.05) is 34.5 Å². The predicted octanol–water partition coefficient (Wildman–Crippen LogP) is 5.25. The molecule has 4 aromatic rings. The number of thiophene rings is 2. The molecule has 2 aromatic carbocycles. The number of sulfone groups is 1. The molecule has 0 radical (unpaired) electrons. The number of hydrazone groups is 1. The minimum atomic E-state index is -2.92. The van der Waals surface area contributed by atoms with Crippen LogP contribution in [0.5, 0.6) is 0 Å². The lowest BCUT2D eigenvalue weighted by Crippen LogP contribution is -2.40. The van der Waals surface area contributed by atoms with Gasteiger partial charge in [-0.25, -0.2) is 13.2 Å². The molecule has 1 saturated heterocycles. The van der Waals surface area contributed by atoms with Crippen LogP contribution in [0.2, 0.25) is 0 Å². The van der Waals surface area contributed by atoms with E-state index in [1.807, 2.05) is 36.4 Å². The van der Waals surface area contributed by atoms with Crippen molar-refractivity contribution < 1.29 is 23.1 Å². The molecule has 2 aliphatic rings. The second-order valence-electron chi connectivity index (χ2n) is 9.32. The number of para-hydroxylation sites is 1. The van der Waals surface area contributed by atoms with Gasteiger partial charge in [0.1, 0.15) is 0 Å². The average molecular weight is 590 g/mol. The van der Waals surface area contributed by atoms with E-state index in [9.17, 15) is 23.1 Å². The van der Waals surface area contributed by atoms with Crippen molar-refractivity contribution in [3.05, 3.63) is 89.3 Å². The van der Waals surface area contributed by atoms with Gasteiger partial charge in [0.15, 0.2) is 15.5 Å². The second-order valence-corrected chi connectivity index (χ2v) is 13.8. The summed E-state index contributed by atoms with van der Waals surface area (Å²) >= 11 is 3.12. The minimum Gasteiger partial charge on any atom is -0.476 e. The Labute approximate surface area is 239 Å². The number of nitrogens with zero attached hydrogens (tertiary/aromatic N) is 3. The molecule has 11 heteroatoms. The van der Waals surface area contributed by atoms with E-state index in [0.29, 0.717) is 18.8 Å². The number of carboxylic acid groups (broad SMARTS) is 1. The third-order valence-corrected chi connectivity index (χ3v) is 10.7. The molecule has 0 aliphatic carbocycles. The summed E-state index contributed by atoms with van der Waals surface area (Å²) in [4.78, 5) is 30.9. The van der Waals surface area contributed by atoms with Crippen LogP contribution in [0.3, 0.4) is 0 Å². The molecule has 4 heterocycles. The molecule has 8 nitrogen and oxygen atoms in total. The van der Waals surface area contributed by atoms with Crippen molar-refractivity contribution >= 4 is 67.5 Å². The number of rotatable bonds is 6. The lowest BCUT2D eigenvalue weighted by atomic mass is 10.1. The highest BCUT2D eigenvalue weighted by Gasteiger charge is 2.35. The molecule has 1 N–H and O–H groups in total. The Morgan fingerprint density at radius 3 is 2.17 bits per heavy atom. The van der Waals surface area contributed by atoms with E-state index in [1.54, 1.807) is 41.7 Å². The van der Waals surface area contributed by atoms with Crippen molar-refractivity contribution in [3.8, 4) is 20.2 Å². The fraction of sp³-hybridized carbons (Fsp3) is 0.138. The first kappa shape index (κ1) is 26.2. The topological polar surface area (TPSA) is 107 Å². The lowest BCUT2D eigenvalue weighted by molar-refractivity contribution is -0.129. The van der Waals surface area contributed by atoms with Crippen LogP contribution in [0.25, 0.3) is 26.3 Å². The van der Waals surface area contributed by atoms with Crippen LogP contribution in [-0.4, -0.2) is 55.7 Å². The molecular weight excluding hydrogens is 567 g/mol. The van der Waals surface area contributed by atoms with Crippen LogP contribution >= 0.6 is 22.7 Å². The maximum Gasteiger partial charge on any atom is 0.357 e. The Bertz CT molecular complexity index is 1760. The van der Waals surface area contributed by atoms with Gasteiger partial charge in [-0.15, -0.1) is 22.7 Å². The molecule has 202 valence electrons. The highest BCUT2D eigenvalue weighted by molar-refractivity contribution is 7.91. The Hall–Kier alpha value is -4.06. The fourth-order valence-corrected chi connectivity index (χ4v) is 7.84. The molecular formula is C29H23N3O5S3. The Morgan fingerprint density at radius 2 is 1.48 bits per heavy atom. The van der Waals surface area contributed by atoms with Gasteiger partial charge < -0.3 is 10.0 Å². The number of hydrogen-bond acceptors (Lipinski definition) is 8. The summed E-state index contributed by atoms with van der Waals surface area (Å²) in [7, 11) is -2.92. The molecule has 2 aromatic heterocycles. The second kappa shape index (κ2) is 10.5. The van der Waals surface area contributed by atoms with E-state index in [1.165, 1.54) is 11.3 Å². The highest BCUT2D eigenvalue weighted by atomic mass is 32.2. The van der Waals surface area contributed by atoms with E-state index < -0.39 is 21.7 Å². The Balaban J connectivity index is 1.20. The zero-order chi connectivity index (χ0) is 27.9. The maximum absolute atomic E-state index is 13.1. The Morgan fingerprint density at radius 1 is 0.825 bits per heavy atom. The molecule has 1 fully saturated rings. The van der Waals surface area contributed by atoms with Gasteiger partial charge in [0.25, 0.3) is 5.91 Å². The standard InChI is InChI=1S/C29H23N3O5S3/c33-28-23(27(29(34)35)30-32(28)21-4-2-1-3-5-21)18-22-10-11-25(38-22)26-13-12-24(39-26)19-6-8-20(9-7-19)31-14-16-40(36,37)17-15-31/h1-13,18H,14-17H2,(H,34,35)/b23-18-. The number of benzene rings is 2. The largest absolute Gasteiger partial charge is 0.476 e. The van der Waals surface area contributed by atoms with Crippen LogP contribution in [0.4, 0.5) is 11.4 Å². The van der Waals surface area contributed by atoms with Gasteiger partial charge in [0.05, 0.1) is 22.8 Å². The monoisotopic (exact) mass is 589 g/mol. The fourth-order valence-electron chi connectivity index (χ4n) is 4.58. The SMILES string of the molecule is O=C(O)C1=NN(c2ccccc2)C(=O)/C1=C\c1ccc(-c2ccc(-c3ccc(N4CCS(=O)(=O)CC4)cc3)s2)s1. The van der Waals surface area contributed by atoms with E-state index in [-0.39, 0.29) is 22.8 Å². The van der Waals surface area contributed by atoms with Gasteiger partial charge in [-0.05, 0) is 60.2 Å². The number of amides is 1. The van der Waals surface area contributed by atoms with Crippen molar-refractivity contribution in [2.45, 2.75) is 0 Å². The van der Waals surface area contributed by atoms with Crippen LogP contribution in [-0.2, 0) is 19.4 Å². The third-order valence-electron chi connectivity index (χ3n) is 6.70. The zero-order valence-electron chi connectivity index (χ0n) is 21.1. The number of carbonyl (C=O) groups excluding carboxylic acids is 1. The minimum absolute atomic E-state index is 0.0445. The smallest absolute Gasteiger partial charge is 0.357 e. The van der Waals surface area contributed by atoms with Gasteiger partial charge in [0, 0.05) is 38.3 Å². The van der Waals surface area contributed by atoms with Crippen molar-refractivity contribution in [2.24, 2.45) is 5.10 Å². The van der Waals surface area contributed by atoms with Crippen molar-refractivity contribution in [1.82, 2.24) is 0 Å². The number of anilines is 2. The number of hydrogen-bond donors (Lipinski definition) is 1. The van der Waals surface area contributed by atoms with Crippen LogP contribution in [0.15, 0.2) is 89.5 Å². The normalized spacial score (nSPS) is 17.9. The predicted molar refractivity (Wildman–Crippen MR) is 161 cm³/mol. The molecule has 0 unspecified atom stereocenters. The van der Waals surface area contributed by atoms with Gasteiger partial charge in [-0.2, -0.15) is 10.1 Å². The van der Waals surface area contributed by atoms with E-state index in [0.717, 1.165) is 35.8 Å². The molecule has 1 amide bonds. The summed E-state index contributed by atoms with van der Waals surface area (Å²) in [6.07, 6.45) is 1.59. The van der Waals surface area contributed by atoms with E-state index in [2.05, 4.69) is 28.2 Å². The third kappa shape index (κ3) is 5.23. The number of carbonyl (C=O) groups is 2. The van der Waals surface area contributed by atoms with Crippen molar-refractivity contribution in [3.63, 3.8) is 0 Å². The first-order valence-electron chi connectivity index (χ1n) is 12.5. The number of carboxylic acids is 1. The summed E-state index contributed by atoms with van der Waals surface area (Å²) in [6.45, 7) is 1.02. The van der Waals surface area contributed by atoms with Crippen LogP contribution < -0.4 is 9.91 Å². The molecule has 0 spiro atoms. The summed E-state index contributed by atoms with van der Waals surface area (Å²) in [6, 6.07) is 24.9. The maximum atomic E-state index is 13.1. The van der Waals surface area contributed by atoms with Gasteiger partial charge in [-0.1, -0.05) is 30.3 Å². The van der Waals surface area contributed by atoms with Gasteiger partial charge in [-0.3, -0.25) is 4.79 Å². The molecule has 0 atom stereocenters. The quantitative estimate of drug-likeness (QED) is 0.308. The molecule has 2 aliphatic heterocycles. The molecule has 0 bridgehead atoms. The first-order valence-corrected chi connectivity index (χ1v) is 15.9. The zero-order valence-corrected chi connectivity index (χ0v) is 23.5. The van der Waals surface area contributed by atoms with Gasteiger partial charge in [0.2, 0.25) is 0 Å². The first-order chi connectivity index (χ1) is 19.3. The van der Waals surface area contributed by atoms with E-state index in [4.69, 9.17) is 0 Å². The summed E-state index contributed by atoms with van der Waals surface area (Å²) in [5, 5.41) is 14.9. The number of aliphatic carboxylic acids is 1. The molecule has 40 heavy (non-hydrogen) atoms. The van der Waals surface area contributed by atoms with E-state index >= 15 is 0 Å². The Kier molecular flexibility index (Phi) is 6.87. The summed E-state index contributed by atoms with van der Waals surface area (Å²) < 4.78 is 23.4. The summed E-state index contributed by atoms with van der Waals surface area (Å²) in [5.41, 5.74) is 2.36. The molecule has 0 saturated carbocycles. The van der Waals surface area contributed by atoms with Gasteiger partial charge >= 0.3 is 5.97 Å². The van der Waals surface area contributed by atoms with Crippen molar-refractivity contribution in [1.29, 1.82) is 0 Å². The summed E-state index contributed by atoms with van der Waals surface area (Å²) in [5.74, 6) is -1.36.